The molecule has 1 unspecified atom stereocenters. The first-order valence-electron chi connectivity index (χ1n) is 13.0. The van der Waals surface area contributed by atoms with Gasteiger partial charge in [-0.25, -0.2) is 9.37 Å². The summed E-state index contributed by atoms with van der Waals surface area (Å²) < 4.78 is 14.8. The Labute approximate surface area is 222 Å². The van der Waals surface area contributed by atoms with Gasteiger partial charge < -0.3 is 9.80 Å². The molecule has 2 fully saturated rings. The monoisotopic (exact) mass is 522 g/mol. The molecular weight excluding hydrogens is 491 g/mol. The Morgan fingerprint density at radius 2 is 1.86 bits per heavy atom. The molecular formula is C29H32ClFN4O2. The molecule has 0 spiro atoms. The number of halogens is 2. The van der Waals surface area contributed by atoms with Crippen molar-refractivity contribution in [2.24, 2.45) is 10.9 Å². The van der Waals surface area contributed by atoms with Crippen LogP contribution in [0.5, 0.6) is 0 Å². The Kier molecular flexibility index (Phi) is 6.69. The molecule has 6 nitrogen and oxygen atoms in total. The maximum absolute atomic E-state index is 14.8. The molecule has 194 valence electrons. The van der Waals surface area contributed by atoms with Crippen LogP contribution in [0.2, 0.25) is 5.02 Å². The van der Waals surface area contributed by atoms with Crippen LogP contribution in [0.3, 0.4) is 0 Å². The third kappa shape index (κ3) is 4.17. The number of rotatable bonds is 3. The first-order chi connectivity index (χ1) is 17.7. The predicted molar refractivity (Wildman–Crippen MR) is 143 cm³/mol. The van der Waals surface area contributed by atoms with Gasteiger partial charge in [0.25, 0.3) is 5.91 Å². The topological polar surface area (TPSA) is 65.9 Å². The van der Waals surface area contributed by atoms with Crippen molar-refractivity contribution in [3.63, 3.8) is 0 Å². The van der Waals surface area contributed by atoms with Crippen LogP contribution in [0, 0.1) is 11.7 Å². The lowest BCUT2D eigenvalue weighted by Gasteiger charge is -2.47. The molecule has 3 atom stereocenters. The summed E-state index contributed by atoms with van der Waals surface area (Å²) in [6, 6.07) is 8.00. The molecule has 2 amide bonds. The number of amides is 2. The third-order valence-corrected chi connectivity index (χ3v) is 8.67. The van der Waals surface area contributed by atoms with Gasteiger partial charge in [0.15, 0.2) is 0 Å². The van der Waals surface area contributed by atoms with Crippen LogP contribution in [0.25, 0.3) is 11.3 Å². The van der Waals surface area contributed by atoms with Gasteiger partial charge in [-0.15, -0.1) is 0 Å². The van der Waals surface area contributed by atoms with Gasteiger partial charge in [0.2, 0.25) is 5.91 Å². The Hall–Kier alpha value is -3.06. The number of hydrogen-bond donors (Lipinski definition) is 0. The molecule has 8 heteroatoms. The van der Waals surface area contributed by atoms with Crippen LogP contribution in [-0.2, 0) is 15.0 Å². The molecule has 5 rings (SSSR count). The molecule has 2 aliphatic heterocycles. The van der Waals surface area contributed by atoms with Gasteiger partial charge in [-0.3, -0.25) is 9.59 Å². The maximum Gasteiger partial charge on any atom is 0.259 e. The lowest BCUT2D eigenvalue weighted by atomic mass is 9.69. The maximum atomic E-state index is 14.8. The highest BCUT2D eigenvalue weighted by Crippen LogP contribution is 2.47. The van der Waals surface area contributed by atoms with Gasteiger partial charge in [0, 0.05) is 36.3 Å². The van der Waals surface area contributed by atoms with Crippen LogP contribution >= 0.6 is 11.6 Å². The summed E-state index contributed by atoms with van der Waals surface area (Å²) in [5, 5.41) is 0.306. The van der Waals surface area contributed by atoms with Crippen LogP contribution in [0.4, 0.5) is 4.39 Å². The van der Waals surface area contributed by atoms with E-state index >= 15 is 0 Å². The smallest absolute Gasteiger partial charge is 0.259 e. The lowest BCUT2D eigenvalue weighted by molar-refractivity contribution is -0.131. The van der Waals surface area contributed by atoms with Gasteiger partial charge >= 0.3 is 0 Å². The number of piperazine rings is 1. The Bertz CT molecular complexity index is 1300. The SMILES string of the molecule is C=CC(=O)N1C[C@H](C)N(C2=NC(=O)C(C)(C3CCCC3)c3nc(-c4ccccc4F)c(Cl)cc32)C[C@H]1C. The molecule has 0 radical (unpaired) electrons. The number of carbonyl (C=O) groups is 2. The van der Waals surface area contributed by atoms with E-state index in [-0.39, 0.29) is 29.8 Å². The minimum atomic E-state index is -0.921. The number of carbonyl (C=O) groups excluding carboxylic acids is 2. The van der Waals surface area contributed by atoms with E-state index in [9.17, 15) is 14.0 Å². The zero-order chi connectivity index (χ0) is 26.5. The highest BCUT2D eigenvalue weighted by atomic mass is 35.5. The summed E-state index contributed by atoms with van der Waals surface area (Å²) in [6.07, 6.45) is 5.28. The highest BCUT2D eigenvalue weighted by molar-refractivity contribution is 6.33. The van der Waals surface area contributed by atoms with Gasteiger partial charge in [-0.2, -0.15) is 4.99 Å². The summed E-state index contributed by atoms with van der Waals surface area (Å²) >= 11 is 6.76. The van der Waals surface area contributed by atoms with Gasteiger partial charge in [-0.1, -0.05) is 43.2 Å². The van der Waals surface area contributed by atoms with E-state index in [1.165, 1.54) is 12.1 Å². The van der Waals surface area contributed by atoms with Crippen molar-refractivity contribution in [3.8, 4) is 11.3 Å². The minimum Gasteiger partial charge on any atom is -0.349 e. The van der Waals surface area contributed by atoms with E-state index in [2.05, 4.69) is 16.5 Å². The second-order valence-corrected chi connectivity index (χ2v) is 11.1. The van der Waals surface area contributed by atoms with E-state index in [1.807, 2.05) is 20.8 Å². The average Bonchev–Trinajstić information content (AvgIpc) is 3.43. The molecule has 1 saturated carbocycles. The molecule has 3 heterocycles. The minimum absolute atomic E-state index is 0.0969. The van der Waals surface area contributed by atoms with E-state index in [0.29, 0.717) is 46.5 Å². The summed E-state index contributed by atoms with van der Waals surface area (Å²) in [6.45, 7) is 10.5. The second kappa shape index (κ2) is 9.67. The molecule has 0 N–H and O–H groups in total. The fraction of sp³-hybridized carbons (Fsp3) is 0.448. The van der Waals surface area contributed by atoms with Crippen molar-refractivity contribution in [2.75, 3.05) is 13.1 Å². The normalized spacial score (nSPS) is 26.2. The molecule has 3 aliphatic rings. The zero-order valence-electron chi connectivity index (χ0n) is 21.5. The molecule has 2 aromatic rings. The molecule has 1 aliphatic carbocycles. The standard InChI is InChI=1S/C29H32ClFN4O2/c1-5-24(36)34-15-18(3)35(16-17(34)2)27-21-14-22(30)25(20-12-8-9-13-23(20)31)32-26(21)29(4,28(37)33-27)19-10-6-7-11-19/h5,8-9,12-14,17-19H,1,6-7,10-11,15-16H2,2-4H3/t17-,18+,29?/m1/s1. The molecule has 1 aromatic carbocycles. The molecule has 0 bridgehead atoms. The second-order valence-electron chi connectivity index (χ2n) is 10.7. The van der Waals surface area contributed by atoms with Crippen molar-refractivity contribution in [3.05, 3.63) is 65.1 Å². The third-order valence-electron chi connectivity index (χ3n) is 8.38. The number of pyridine rings is 1. The highest BCUT2D eigenvalue weighted by Gasteiger charge is 2.51. The molecule has 1 saturated heterocycles. The number of hydrogen-bond acceptors (Lipinski definition) is 4. The fourth-order valence-electron chi connectivity index (χ4n) is 6.21. The zero-order valence-corrected chi connectivity index (χ0v) is 22.3. The number of aliphatic imine (C=N–C) groups is 1. The van der Waals surface area contributed by atoms with E-state index in [4.69, 9.17) is 16.6 Å². The number of benzene rings is 1. The Morgan fingerprint density at radius 3 is 2.54 bits per heavy atom. The summed E-state index contributed by atoms with van der Waals surface area (Å²) in [5.41, 5.74) is 1.04. The van der Waals surface area contributed by atoms with Crippen LogP contribution < -0.4 is 0 Å². The van der Waals surface area contributed by atoms with E-state index in [0.717, 1.165) is 25.7 Å². The van der Waals surface area contributed by atoms with Crippen LogP contribution in [0.15, 0.2) is 48.0 Å². The van der Waals surface area contributed by atoms with Gasteiger partial charge in [-0.05, 0) is 63.8 Å². The van der Waals surface area contributed by atoms with Crippen LogP contribution in [-0.4, -0.2) is 57.6 Å². The average molecular weight is 523 g/mol. The van der Waals surface area contributed by atoms with Crippen LogP contribution in [0.1, 0.15) is 57.7 Å². The number of amidine groups is 1. The van der Waals surface area contributed by atoms with Gasteiger partial charge in [0.05, 0.1) is 21.8 Å². The summed E-state index contributed by atoms with van der Waals surface area (Å²) in [4.78, 5) is 39.8. The van der Waals surface area contributed by atoms with Crippen molar-refractivity contribution < 1.29 is 14.0 Å². The van der Waals surface area contributed by atoms with E-state index in [1.54, 1.807) is 29.2 Å². The Balaban J connectivity index is 1.65. The number of nitrogens with zero attached hydrogens (tertiary/aromatic N) is 4. The van der Waals surface area contributed by atoms with E-state index < -0.39 is 11.2 Å². The van der Waals surface area contributed by atoms with Crippen molar-refractivity contribution in [1.82, 2.24) is 14.8 Å². The fourth-order valence-corrected chi connectivity index (χ4v) is 6.46. The summed E-state index contributed by atoms with van der Waals surface area (Å²) in [7, 11) is 0. The first kappa shape index (κ1) is 25.6. The van der Waals surface area contributed by atoms with Crippen molar-refractivity contribution >= 4 is 29.3 Å². The molecule has 1 aromatic heterocycles. The predicted octanol–water partition coefficient (Wildman–Crippen LogP) is 5.38. The van der Waals surface area contributed by atoms with Crippen molar-refractivity contribution in [2.45, 2.75) is 64.0 Å². The Morgan fingerprint density at radius 1 is 1.16 bits per heavy atom. The quantitative estimate of drug-likeness (QED) is 0.507. The largest absolute Gasteiger partial charge is 0.349 e. The number of aromatic nitrogens is 1. The van der Waals surface area contributed by atoms with Crippen molar-refractivity contribution in [1.29, 1.82) is 0 Å². The lowest BCUT2D eigenvalue weighted by Crippen LogP contribution is -2.60. The molecule has 37 heavy (non-hydrogen) atoms. The summed E-state index contributed by atoms with van der Waals surface area (Å²) in [5.74, 6) is -0.129. The first-order valence-corrected chi connectivity index (χ1v) is 13.3. The van der Waals surface area contributed by atoms with Gasteiger partial charge in [0.1, 0.15) is 11.7 Å². The number of fused-ring (bicyclic) bond motifs is 1.